The summed E-state index contributed by atoms with van der Waals surface area (Å²) in [4.78, 5) is 26.9. The Hall–Kier alpha value is -2.56. The molecule has 1 aliphatic rings. The van der Waals surface area contributed by atoms with E-state index in [0.29, 0.717) is 18.7 Å². The van der Waals surface area contributed by atoms with Crippen LogP contribution in [0.5, 0.6) is 0 Å². The Balaban J connectivity index is 1.55. The maximum atomic E-state index is 12.7. The van der Waals surface area contributed by atoms with Crippen molar-refractivity contribution in [2.24, 2.45) is 0 Å². The zero-order chi connectivity index (χ0) is 17.9. The van der Waals surface area contributed by atoms with Crippen LogP contribution in [0.4, 0.5) is 0 Å². The first-order valence-electron chi connectivity index (χ1n) is 8.66. The van der Waals surface area contributed by atoms with E-state index in [4.69, 9.17) is 4.42 Å². The minimum atomic E-state index is -0.578. The van der Waals surface area contributed by atoms with Crippen molar-refractivity contribution in [3.63, 3.8) is 0 Å². The molecule has 1 N–H and O–H groups in total. The van der Waals surface area contributed by atoms with Gasteiger partial charge in [-0.2, -0.15) is 0 Å². The zero-order valence-electron chi connectivity index (χ0n) is 14.7. The molecule has 2 heterocycles. The third-order valence-corrected chi connectivity index (χ3v) is 4.95. The lowest BCUT2D eigenvalue weighted by Gasteiger charge is -2.34. The molecule has 1 saturated heterocycles. The number of hydrogen-bond donors (Lipinski definition) is 1. The average molecular weight is 340 g/mol. The van der Waals surface area contributed by atoms with Gasteiger partial charge in [0.1, 0.15) is 6.26 Å². The van der Waals surface area contributed by atoms with Gasteiger partial charge in [0.25, 0.3) is 5.91 Å². The number of benzene rings is 1. The first kappa shape index (κ1) is 17.3. The molecule has 0 unspecified atom stereocenters. The smallest absolute Gasteiger partial charge is 0.257 e. The second-order valence-corrected chi connectivity index (χ2v) is 7.04. The molecular formula is C20H24N2O3. The van der Waals surface area contributed by atoms with Crippen LogP contribution in [-0.2, 0) is 10.2 Å². The van der Waals surface area contributed by atoms with Crippen LogP contribution in [0.1, 0.15) is 42.6 Å². The van der Waals surface area contributed by atoms with Gasteiger partial charge in [0, 0.05) is 19.1 Å². The van der Waals surface area contributed by atoms with Gasteiger partial charge in [0.15, 0.2) is 0 Å². The fourth-order valence-electron chi connectivity index (χ4n) is 3.15. The van der Waals surface area contributed by atoms with Crippen molar-refractivity contribution in [2.45, 2.75) is 38.1 Å². The molecule has 0 spiro atoms. The summed E-state index contributed by atoms with van der Waals surface area (Å²) < 4.78 is 4.98. The third kappa shape index (κ3) is 3.76. The second-order valence-electron chi connectivity index (χ2n) is 7.04. The number of carbonyl (C=O) groups is 2. The van der Waals surface area contributed by atoms with E-state index in [0.717, 1.165) is 18.4 Å². The molecule has 1 aromatic heterocycles. The van der Waals surface area contributed by atoms with Crippen LogP contribution in [0.15, 0.2) is 53.3 Å². The van der Waals surface area contributed by atoms with Crippen molar-refractivity contribution >= 4 is 11.8 Å². The van der Waals surface area contributed by atoms with Crippen molar-refractivity contribution in [1.82, 2.24) is 10.2 Å². The molecule has 132 valence electrons. The van der Waals surface area contributed by atoms with Gasteiger partial charge in [-0.3, -0.25) is 9.59 Å². The van der Waals surface area contributed by atoms with Crippen molar-refractivity contribution in [3.8, 4) is 0 Å². The Kier molecular flexibility index (Phi) is 4.93. The average Bonchev–Trinajstić information content (AvgIpc) is 3.17. The lowest BCUT2D eigenvalue weighted by Crippen LogP contribution is -2.50. The summed E-state index contributed by atoms with van der Waals surface area (Å²) in [6, 6.07) is 11.6. The third-order valence-electron chi connectivity index (χ3n) is 4.95. The Bertz CT molecular complexity index is 715. The van der Waals surface area contributed by atoms with Crippen molar-refractivity contribution in [2.75, 3.05) is 13.1 Å². The van der Waals surface area contributed by atoms with Gasteiger partial charge in [0.05, 0.1) is 17.2 Å². The van der Waals surface area contributed by atoms with E-state index in [-0.39, 0.29) is 17.9 Å². The summed E-state index contributed by atoms with van der Waals surface area (Å²) in [6.45, 7) is 5.16. The number of likely N-dealkylation sites (tertiary alicyclic amines) is 1. The topological polar surface area (TPSA) is 62.6 Å². The number of hydrogen-bond acceptors (Lipinski definition) is 3. The number of amides is 2. The Morgan fingerprint density at radius 1 is 1.12 bits per heavy atom. The lowest BCUT2D eigenvalue weighted by atomic mass is 9.83. The van der Waals surface area contributed by atoms with Crippen LogP contribution in [0.2, 0.25) is 0 Å². The molecule has 2 aromatic rings. The zero-order valence-corrected chi connectivity index (χ0v) is 14.7. The number of nitrogens with one attached hydrogen (secondary N) is 1. The van der Waals surface area contributed by atoms with E-state index in [2.05, 4.69) is 5.32 Å². The Morgan fingerprint density at radius 2 is 1.80 bits per heavy atom. The molecule has 0 atom stereocenters. The maximum absolute atomic E-state index is 12.7. The molecule has 5 heteroatoms. The highest BCUT2D eigenvalue weighted by molar-refractivity contribution is 5.94. The normalized spacial score (nSPS) is 15.8. The van der Waals surface area contributed by atoms with E-state index >= 15 is 0 Å². The molecule has 0 aliphatic carbocycles. The van der Waals surface area contributed by atoms with Crippen molar-refractivity contribution in [1.29, 1.82) is 0 Å². The van der Waals surface area contributed by atoms with Crippen LogP contribution in [0.25, 0.3) is 0 Å². The number of carbonyl (C=O) groups excluding carboxylic acids is 2. The molecule has 0 saturated carbocycles. The fourth-order valence-corrected chi connectivity index (χ4v) is 3.15. The van der Waals surface area contributed by atoms with Crippen molar-refractivity contribution < 1.29 is 14.0 Å². The van der Waals surface area contributed by atoms with Gasteiger partial charge in [0.2, 0.25) is 5.91 Å². The molecule has 1 aromatic carbocycles. The fraction of sp³-hybridized carbons (Fsp3) is 0.400. The Morgan fingerprint density at radius 3 is 2.40 bits per heavy atom. The highest BCUT2D eigenvalue weighted by Crippen LogP contribution is 2.24. The largest absolute Gasteiger partial charge is 0.472 e. The van der Waals surface area contributed by atoms with Crippen LogP contribution in [0, 0.1) is 0 Å². The van der Waals surface area contributed by atoms with Crippen molar-refractivity contribution in [3.05, 3.63) is 60.1 Å². The second kappa shape index (κ2) is 7.13. The van der Waals surface area contributed by atoms with E-state index in [1.165, 1.54) is 12.5 Å². The summed E-state index contributed by atoms with van der Waals surface area (Å²) >= 11 is 0. The number of nitrogens with zero attached hydrogens (tertiary/aromatic N) is 1. The predicted molar refractivity (Wildman–Crippen MR) is 95.2 cm³/mol. The molecule has 0 radical (unpaired) electrons. The molecule has 1 aliphatic heterocycles. The highest BCUT2D eigenvalue weighted by Gasteiger charge is 2.32. The Labute approximate surface area is 148 Å². The molecular weight excluding hydrogens is 316 g/mol. The summed E-state index contributed by atoms with van der Waals surface area (Å²) in [6.07, 6.45) is 4.50. The standard InChI is InChI=1S/C20H24N2O3/c1-20(2,16-6-4-3-5-7-16)19(24)21-17-8-11-22(12-9-17)18(23)15-10-13-25-14-15/h3-7,10,13-14,17H,8-9,11-12H2,1-2H3,(H,21,24). The van der Waals surface area contributed by atoms with E-state index in [1.807, 2.05) is 49.1 Å². The summed E-state index contributed by atoms with van der Waals surface area (Å²) in [5.41, 5.74) is 0.998. The predicted octanol–water partition coefficient (Wildman–Crippen LogP) is 2.98. The molecule has 2 amide bonds. The lowest BCUT2D eigenvalue weighted by molar-refractivity contribution is -0.126. The minimum absolute atomic E-state index is 0.0110. The van der Waals surface area contributed by atoms with Gasteiger partial charge < -0.3 is 14.6 Å². The van der Waals surface area contributed by atoms with Gasteiger partial charge in [-0.1, -0.05) is 30.3 Å². The van der Waals surface area contributed by atoms with Gasteiger partial charge in [-0.05, 0) is 38.3 Å². The van der Waals surface area contributed by atoms with Crippen LogP contribution in [-0.4, -0.2) is 35.8 Å². The monoisotopic (exact) mass is 340 g/mol. The summed E-state index contributed by atoms with van der Waals surface area (Å²) in [5, 5.41) is 3.16. The minimum Gasteiger partial charge on any atom is -0.472 e. The molecule has 1 fully saturated rings. The van der Waals surface area contributed by atoms with Gasteiger partial charge in [-0.15, -0.1) is 0 Å². The molecule has 3 rings (SSSR count). The molecule has 0 bridgehead atoms. The number of rotatable bonds is 4. The van der Waals surface area contributed by atoms with Crippen LogP contribution >= 0.6 is 0 Å². The van der Waals surface area contributed by atoms with Crippen LogP contribution in [0.3, 0.4) is 0 Å². The quantitative estimate of drug-likeness (QED) is 0.931. The van der Waals surface area contributed by atoms with Gasteiger partial charge in [-0.25, -0.2) is 0 Å². The summed E-state index contributed by atoms with van der Waals surface area (Å²) in [5.74, 6) is 0.0152. The maximum Gasteiger partial charge on any atom is 0.257 e. The van der Waals surface area contributed by atoms with Gasteiger partial charge >= 0.3 is 0 Å². The highest BCUT2D eigenvalue weighted by atomic mass is 16.3. The first-order valence-corrected chi connectivity index (χ1v) is 8.66. The van der Waals surface area contributed by atoms with E-state index < -0.39 is 5.41 Å². The molecule has 25 heavy (non-hydrogen) atoms. The first-order chi connectivity index (χ1) is 12.0. The van der Waals surface area contributed by atoms with E-state index in [9.17, 15) is 9.59 Å². The number of furan rings is 1. The summed E-state index contributed by atoms with van der Waals surface area (Å²) in [7, 11) is 0. The number of piperidine rings is 1. The molecule has 5 nitrogen and oxygen atoms in total. The SMILES string of the molecule is CC(C)(C(=O)NC1CCN(C(=O)c2ccoc2)CC1)c1ccccc1. The van der Waals surface area contributed by atoms with E-state index in [1.54, 1.807) is 6.07 Å². The van der Waals surface area contributed by atoms with Crippen LogP contribution < -0.4 is 5.32 Å².